The number of nitro benzene ring substituents is 1. The van der Waals surface area contributed by atoms with Crippen molar-refractivity contribution in [2.75, 3.05) is 11.1 Å². The zero-order valence-electron chi connectivity index (χ0n) is 15.8. The lowest BCUT2D eigenvalue weighted by Crippen LogP contribution is -2.14. The van der Waals surface area contributed by atoms with Crippen molar-refractivity contribution in [2.45, 2.75) is 25.5 Å². The first-order chi connectivity index (χ1) is 13.9. The van der Waals surface area contributed by atoms with Gasteiger partial charge in [0.15, 0.2) is 11.0 Å². The molecule has 1 amide bonds. The van der Waals surface area contributed by atoms with Crippen LogP contribution in [0.25, 0.3) is 11.4 Å². The summed E-state index contributed by atoms with van der Waals surface area (Å²) in [6.45, 7) is 4.66. The van der Waals surface area contributed by atoms with E-state index in [1.54, 1.807) is 0 Å². The van der Waals surface area contributed by atoms with Gasteiger partial charge in [-0.05, 0) is 26.0 Å². The third kappa shape index (κ3) is 4.93. The maximum absolute atomic E-state index is 12.3. The lowest BCUT2D eigenvalue weighted by atomic mass is 10.1. The lowest BCUT2D eigenvalue weighted by Gasteiger charge is -2.08. The van der Waals surface area contributed by atoms with Gasteiger partial charge in [-0.3, -0.25) is 14.9 Å². The van der Waals surface area contributed by atoms with Crippen LogP contribution in [0.3, 0.4) is 0 Å². The molecule has 0 aliphatic carbocycles. The molecular formula is C19H18ClN5O3S. The Morgan fingerprint density at radius 2 is 1.97 bits per heavy atom. The molecule has 10 heteroatoms. The zero-order chi connectivity index (χ0) is 21.0. The van der Waals surface area contributed by atoms with Crippen LogP contribution < -0.4 is 5.32 Å². The van der Waals surface area contributed by atoms with Crippen LogP contribution in [0.5, 0.6) is 0 Å². The fraction of sp³-hybridized carbons (Fsp3) is 0.211. The fourth-order valence-corrected chi connectivity index (χ4v) is 3.64. The highest BCUT2D eigenvalue weighted by Gasteiger charge is 2.16. The molecule has 0 spiro atoms. The number of benzene rings is 2. The smallest absolute Gasteiger partial charge is 0.289 e. The first kappa shape index (κ1) is 20.8. The molecule has 0 radical (unpaired) electrons. The number of aromatic nitrogens is 3. The summed E-state index contributed by atoms with van der Waals surface area (Å²) in [7, 11) is 0. The van der Waals surface area contributed by atoms with Crippen LogP contribution in [0, 0.1) is 17.0 Å². The topological polar surface area (TPSA) is 103 Å². The summed E-state index contributed by atoms with van der Waals surface area (Å²) >= 11 is 7.04. The van der Waals surface area contributed by atoms with Crippen molar-refractivity contribution in [3.05, 3.63) is 63.2 Å². The number of thioether (sulfide) groups is 1. The van der Waals surface area contributed by atoms with Crippen LogP contribution in [-0.4, -0.2) is 31.3 Å². The minimum Gasteiger partial charge on any atom is -0.325 e. The van der Waals surface area contributed by atoms with Crippen LogP contribution in [0.4, 0.5) is 11.4 Å². The molecule has 1 heterocycles. The quantitative estimate of drug-likeness (QED) is 0.334. The average molecular weight is 432 g/mol. The van der Waals surface area contributed by atoms with Crippen molar-refractivity contribution in [3.63, 3.8) is 0 Å². The van der Waals surface area contributed by atoms with Gasteiger partial charge in [-0.15, -0.1) is 10.2 Å². The van der Waals surface area contributed by atoms with E-state index in [1.807, 2.05) is 42.7 Å². The monoisotopic (exact) mass is 431 g/mol. The van der Waals surface area contributed by atoms with Crippen molar-refractivity contribution < 1.29 is 9.72 Å². The molecule has 1 aromatic heterocycles. The third-order valence-electron chi connectivity index (χ3n) is 4.10. The predicted molar refractivity (Wildman–Crippen MR) is 113 cm³/mol. The fourth-order valence-electron chi connectivity index (χ4n) is 2.65. The highest BCUT2D eigenvalue weighted by atomic mass is 35.5. The molecular weight excluding hydrogens is 414 g/mol. The Morgan fingerprint density at radius 3 is 2.62 bits per heavy atom. The average Bonchev–Trinajstić information content (AvgIpc) is 3.11. The van der Waals surface area contributed by atoms with Crippen molar-refractivity contribution in [1.29, 1.82) is 0 Å². The van der Waals surface area contributed by atoms with Gasteiger partial charge in [0.25, 0.3) is 5.69 Å². The standard InChI is InChI=1S/C19H18ClN5O3S/c1-3-24-18(13-6-4-12(2)5-7-13)22-23-19(24)29-11-17(26)21-14-8-9-15(20)16(10-14)25(27)28/h4-10H,3,11H2,1-2H3,(H,21,26). The van der Waals surface area contributed by atoms with Gasteiger partial charge in [0.05, 0.1) is 10.7 Å². The SMILES string of the molecule is CCn1c(SCC(=O)Nc2ccc(Cl)c([N+](=O)[O-])c2)nnc1-c1ccc(C)cc1. The second kappa shape index (κ2) is 9.06. The number of aryl methyl sites for hydroxylation is 1. The summed E-state index contributed by atoms with van der Waals surface area (Å²) in [6.07, 6.45) is 0. The van der Waals surface area contributed by atoms with Crippen molar-refractivity contribution in [1.82, 2.24) is 14.8 Å². The van der Waals surface area contributed by atoms with Gasteiger partial charge in [-0.2, -0.15) is 0 Å². The Hall–Kier alpha value is -2.91. The zero-order valence-corrected chi connectivity index (χ0v) is 17.3. The van der Waals surface area contributed by atoms with Crippen molar-refractivity contribution in [3.8, 4) is 11.4 Å². The largest absolute Gasteiger partial charge is 0.325 e. The number of hydrogen-bond acceptors (Lipinski definition) is 6. The van der Waals surface area contributed by atoms with Gasteiger partial charge in [-0.1, -0.05) is 53.2 Å². The maximum Gasteiger partial charge on any atom is 0.289 e. The Balaban J connectivity index is 1.68. The molecule has 3 rings (SSSR count). The molecule has 150 valence electrons. The molecule has 0 aliphatic rings. The molecule has 0 atom stereocenters. The van der Waals surface area contributed by atoms with Crippen LogP contribution in [0.1, 0.15) is 12.5 Å². The summed E-state index contributed by atoms with van der Waals surface area (Å²) in [5.41, 5.74) is 2.16. The number of halogens is 1. The Kier molecular flexibility index (Phi) is 6.50. The minimum atomic E-state index is -0.594. The number of amides is 1. The van der Waals surface area contributed by atoms with Crippen LogP contribution in [0.2, 0.25) is 5.02 Å². The van der Waals surface area contributed by atoms with E-state index in [0.717, 1.165) is 17.0 Å². The molecule has 1 N–H and O–H groups in total. The van der Waals surface area contributed by atoms with E-state index in [-0.39, 0.29) is 22.4 Å². The first-order valence-corrected chi connectivity index (χ1v) is 10.1. The van der Waals surface area contributed by atoms with Gasteiger partial charge in [0, 0.05) is 23.9 Å². The minimum absolute atomic E-state index is 0.0158. The predicted octanol–water partition coefficient (Wildman–Crippen LogP) is 4.57. The van der Waals surface area contributed by atoms with E-state index in [0.29, 0.717) is 17.4 Å². The Bertz CT molecular complexity index is 1050. The maximum atomic E-state index is 12.3. The summed E-state index contributed by atoms with van der Waals surface area (Å²) in [6, 6.07) is 12.1. The van der Waals surface area contributed by atoms with E-state index in [2.05, 4.69) is 15.5 Å². The Labute approximate surface area is 176 Å². The molecule has 0 saturated heterocycles. The van der Waals surface area contributed by atoms with Crippen molar-refractivity contribution in [2.24, 2.45) is 0 Å². The van der Waals surface area contributed by atoms with Gasteiger partial charge in [0.2, 0.25) is 5.91 Å². The molecule has 29 heavy (non-hydrogen) atoms. The van der Waals surface area contributed by atoms with E-state index >= 15 is 0 Å². The highest BCUT2D eigenvalue weighted by Crippen LogP contribution is 2.28. The molecule has 0 saturated carbocycles. The van der Waals surface area contributed by atoms with Gasteiger partial charge >= 0.3 is 0 Å². The van der Waals surface area contributed by atoms with Crippen LogP contribution in [-0.2, 0) is 11.3 Å². The third-order valence-corrected chi connectivity index (χ3v) is 5.39. The van der Waals surface area contributed by atoms with Gasteiger partial charge < -0.3 is 9.88 Å². The van der Waals surface area contributed by atoms with Gasteiger partial charge in [0.1, 0.15) is 5.02 Å². The lowest BCUT2D eigenvalue weighted by molar-refractivity contribution is -0.384. The number of rotatable bonds is 7. The van der Waals surface area contributed by atoms with E-state index in [1.165, 1.54) is 30.0 Å². The highest BCUT2D eigenvalue weighted by molar-refractivity contribution is 7.99. The number of hydrogen-bond donors (Lipinski definition) is 1. The second-order valence-electron chi connectivity index (χ2n) is 6.18. The summed E-state index contributed by atoms with van der Waals surface area (Å²) in [4.78, 5) is 22.6. The van der Waals surface area contributed by atoms with Crippen LogP contribution in [0.15, 0.2) is 47.6 Å². The number of nitro groups is 1. The van der Waals surface area contributed by atoms with E-state index in [9.17, 15) is 14.9 Å². The molecule has 0 aliphatic heterocycles. The molecule has 0 fully saturated rings. The first-order valence-electron chi connectivity index (χ1n) is 8.76. The Morgan fingerprint density at radius 1 is 1.24 bits per heavy atom. The summed E-state index contributed by atoms with van der Waals surface area (Å²) < 4.78 is 1.94. The summed E-state index contributed by atoms with van der Waals surface area (Å²) in [5, 5.41) is 22.7. The van der Waals surface area contributed by atoms with E-state index in [4.69, 9.17) is 11.6 Å². The second-order valence-corrected chi connectivity index (χ2v) is 7.53. The van der Waals surface area contributed by atoms with E-state index < -0.39 is 4.92 Å². The molecule has 0 unspecified atom stereocenters. The number of carbonyl (C=O) groups excluding carboxylic acids is 1. The van der Waals surface area contributed by atoms with Gasteiger partial charge in [-0.25, -0.2) is 0 Å². The summed E-state index contributed by atoms with van der Waals surface area (Å²) in [5.74, 6) is 0.514. The van der Waals surface area contributed by atoms with Crippen LogP contribution >= 0.6 is 23.4 Å². The number of nitrogens with zero attached hydrogens (tertiary/aromatic N) is 4. The van der Waals surface area contributed by atoms with Crippen molar-refractivity contribution >= 4 is 40.6 Å². The molecule has 3 aromatic rings. The normalized spacial score (nSPS) is 10.7. The molecule has 0 bridgehead atoms. The molecule has 2 aromatic carbocycles. The number of anilines is 1. The number of nitrogens with one attached hydrogen (secondary N) is 1. The number of carbonyl (C=O) groups is 1. The molecule has 8 nitrogen and oxygen atoms in total.